The number of piperidine rings is 1. The van der Waals surface area contributed by atoms with E-state index in [9.17, 15) is 0 Å². The van der Waals surface area contributed by atoms with Crippen molar-refractivity contribution >= 4 is 23.7 Å². The molecule has 2 heterocycles. The lowest BCUT2D eigenvalue weighted by molar-refractivity contribution is 0.174. The van der Waals surface area contributed by atoms with E-state index in [2.05, 4.69) is 17.2 Å². The van der Waals surface area contributed by atoms with Crippen molar-refractivity contribution in [1.82, 2.24) is 10.3 Å². The highest BCUT2D eigenvalue weighted by Crippen LogP contribution is 2.51. The van der Waals surface area contributed by atoms with Crippen LogP contribution in [0.5, 0.6) is 0 Å². The number of rotatable bonds is 0. The van der Waals surface area contributed by atoms with Gasteiger partial charge in [0.05, 0.1) is 10.7 Å². The summed E-state index contributed by atoms with van der Waals surface area (Å²) in [5.74, 6) is 0. The molecule has 1 aliphatic carbocycles. The maximum atomic E-state index is 6.41. The Morgan fingerprint density at radius 3 is 2.75 bits per heavy atom. The van der Waals surface area contributed by atoms with E-state index in [1.165, 1.54) is 28.4 Å². The maximum absolute atomic E-state index is 6.41. The normalized spacial score (nSPS) is 26.5. The summed E-state index contributed by atoms with van der Waals surface area (Å²) >= 11 is 1.80. The molecule has 1 aliphatic heterocycles. The first-order chi connectivity index (χ1) is 7.21. The Morgan fingerprint density at radius 2 is 2.12 bits per heavy atom. The van der Waals surface area contributed by atoms with Crippen LogP contribution in [0, 0.1) is 12.3 Å². The van der Waals surface area contributed by atoms with Gasteiger partial charge in [-0.1, -0.05) is 0 Å². The van der Waals surface area contributed by atoms with Gasteiger partial charge < -0.3 is 11.1 Å². The first kappa shape index (κ1) is 12.3. The van der Waals surface area contributed by atoms with Crippen LogP contribution in [0.15, 0.2) is 0 Å². The third kappa shape index (κ3) is 1.68. The Morgan fingerprint density at radius 1 is 1.44 bits per heavy atom. The molecule has 90 valence electrons. The predicted octanol–water partition coefficient (Wildman–Crippen LogP) is 1.80. The van der Waals surface area contributed by atoms with Crippen LogP contribution in [-0.4, -0.2) is 18.1 Å². The third-order valence-corrected chi connectivity index (χ3v) is 4.99. The monoisotopic (exact) mass is 259 g/mol. The van der Waals surface area contributed by atoms with E-state index in [-0.39, 0.29) is 18.4 Å². The number of aromatic nitrogens is 1. The minimum absolute atomic E-state index is 0. The van der Waals surface area contributed by atoms with Gasteiger partial charge in [-0.25, -0.2) is 4.98 Å². The van der Waals surface area contributed by atoms with Crippen molar-refractivity contribution < 1.29 is 0 Å². The Bertz CT molecular complexity index is 385. The van der Waals surface area contributed by atoms with E-state index in [1.54, 1.807) is 11.3 Å². The van der Waals surface area contributed by atoms with E-state index in [1.807, 2.05) is 0 Å². The van der Waals surface area contributed by atoms with Crippen molar-refractivity contribution in [2.45, 2.75) is 32.2 Å². The summed E-state index contributed by atoms with van der Waals surface area (Å²) in [6, 6.07) is 0.237. The largest absolute Gasteiger partial charge is 0.323 e. The zero-order chi connectivity index (χ0) is 10.5. The van der Waals surface area contributed by atoms with E-state index in [0.29, 0.717) is 5.41 Å². The van der Waals surface area contributed by atoms with Gasteiger partial charge >= 0.3 is 0 Å². The fourth-order valence-corrected chi connectivity index (χ4v) is 4.08. The molecule has 0 unspecified atom stereocenters. The smallest absolute Gasteiger partial charge is 0.0900 e. The summed E-state index contributed by atoms with van der Waals surface area (Å²) < 4.78 is 0. The Labute approximate surface area is 106 Å². The van der Waals surface area contributed by atoms with Gasteiger partial charge in [0.2, 0.25) is 0 Å². The van der Waals surface area contributed by atoms with Gasteiger partial charge in [0.1, 0.15) is 0 Å². The minimum atomic E-state index is 0. The van der Waals surface area contributed by atoms with Gasteiger partial charge in [-0.3, -0.25) is 0 Å². The van der Waals surface area contributed by atoms with Crippen LogP contribution in [0.4, 0.5) is 0 Å². The van der Waals surface area contributed by atoms with Crippen LogP contribution < -0.4 is 11.1 Å². The number of nitrogens with two attached hydrogens (primary N) is 1. The van der Waals surface area contributed by atoms with E-state index >= 15 is 0 Å². The highest BCUT2D eigenvalue weighted by molar-refractivity contribution is 7.11. The summed E-state index contributed by atoms with van der Waals surface area (Å²) in [5.41, 5.74) is 8.02. The van der Waals surface area contributed by atoms with Gasteiger partial charge in [-0.05, 0) is 44.7 Å². The Kier molecular flexibility index (Phi) is 3.27. The summed E-state index contributed by atoms with van der Waals surface area (Å²) in [5, 5.41) is 4.58. The predicted molar refractivity (Wildman–Crippen MR) is 69.3 cm³/mol. The third-order valence-electron chi connectivity index (χ3n) is 3.90. The first-order valence-electron chi connectivity index (χ1n) is 5.64. The van der Waals surface area contributed by atoms with Crippen molar-refractivity contribution in [1.29, 1.82) is 0 Å². The van der Waals surface area contributed by atoms with Gasteiger partial charge in [-0.15, -0.1) is 23.7 Å². The molecule has 0 saturated carbocycles. The second-order valence-electron chi connectivity index (χ2n) is 4.81. The molecule has 0 amide bonds. The molecule has 2 aliphatic rings. The molecule has 1 atom stereocenters. The first-order valence-corrected chi connectivity index (χ1v) is 6.45. The summed E-state index contributed by atoms with van der Waals surface area (Å²) in [6.45, 7) is 4.30. The summed E-state index contributed by atoms with van der Waals surface area (Å²) in [6.07, 6.45) is 3.52. The van der Waals surface area contributed by atoms with E-state index in [0.717, 1.165) is 19.5 Å². The van der Waals surface area contributed by atoms with Gasteiger partial charge in [-0.2, -0.15) is 0 Å². The van der Waals surface area contributed by atoms with Crippen LogP contribution >= 0.6 is 23.7 Å². The molecule has 3 nitrogen and oxygen atoms in total. The lowest BCUT2D eigenvalue weighted by Crippen LogP contribution is -2.42. The molecule has 0 bridgehead atoms. The van der Waals surface area contributed by atoms with Crippen LogP contribution in [-0.2, 0) is 6.42 Å². The minimum Gasteiger partial charge on any atom is -0.323 e. The SMILES string of the molecule is Cc1nc2c(s1)[C@@H](N)C1(CCNCC1)C2.Cl. The van der Waals surface area contributed by atoms with Gasteiger partial charge in [0.15, 0.2) is 0 Å². The van der Waals surface area contributed by atoms with Crippen molar-refractivity contribution in [3.63, 3.8) is 0 Å². The molecular formula is C11H18ClN3S. The Balaban J connectivity index is 0.000000963. The lowest BCUT2D eigenvalue weighted by atomic mass is 9.74. The second-order valence-corrected chi connectivity index (χ2v) is 6.05. The number of fused-ring (bicyclic) bond motifs is 1. The van der Waals surface area contributed by atoms with Crippen molar-refractivity contribution in [3.8, 4) is 0 Å². The molecule has 5 heteroatoms. The number of thiazole rings is 1. The summed E-state index contributed by atoms with van der Waals surface area (Å²) in [4.78, 5) is 5.97. The molecule has 1 aromatic heterocycles. The molecule has 16 heavy (non-hydrogen) atoms. The topological polar surface area (TPSA) is 50.9 Å². The number of nitrogens with one attached hydrogen (secondary N) is 1. The van der Waals surface area contributed by atoms with E-state index in [4.69, 9.17) is 5.73 Å². The quantitative estimate of drug-likeness (QED) is 0.747. The highest BCUT2D eigenvalue weighted by Gasteiger charge is 2.46. The van der Waals surface area contributed by atoms with Crippen LogP contribution in [0.1, 0.15) is 34.5 Å². The lowest BCUT2D eigenvalue weighted by Gasteiger charge is -2.37. The fraction of sp³-hybridized carbons (Fsp3) is 0.727. The zero-order valence-electron chi connectivity index (χ0n) is 9.45. The number of hydrogen-bond donors (Lipinski definition) is 2. The number of nitrogens with zero attached hydrogens (tertiary/aromatic N) is 1. The number of halogens is 1. The van der Waals surface area contributed by atoms with Gasteiger partial charge in [0.25, 0.3) is 0 Å². The second kappa shape index (κ2) is 4.26. The van der Waals surface area contributed by atoms with Crippen molar-refractivity contribution in [2.75, 3.05) is 13.1 Å². The molecule has 1 fully saturated rings. The molecule has 3 rings (SSSR count). The molecule has 1 aromatic rings. The van der Waals surface area contributed by atoms with Gasteiger partial charge in [0, 0.05) is 10.9 Å². The maximum Gasteiger partial charge on any atom is 0.0900 e. The fourth-order valence-electron chi connectivity index (χ4n) is 2.99. The molecule has 3 N–H and O–H groups in total. The van der Waals surface area contributed by atoms with Crippen LogP contribution in [0.2, 0.25) is 0 Å². The van der Waals surface area contributed by atoms with E-state index < -0.39 is 0 Å². The molecule has 0 aromatic carbocycles. The van der Waals surface area contributed by atoms with Crippen molar-refractivity contribution in [3.05, 3.63) is 15.6 Å². The standard InChI is InChI=1S/C11H17N3S.ClH/c1-7-14-8-6-11(2-4-13-5-3-11)10(12)9(8)15-7;/h10,13H,2-6,12H2,1H3;1H/t10-;/m1./s1. The Hall–Kier alpha value is -0.160. The van der Waals surface area contributed by atoms with Crippen LogP contribution in [0.3, 0.4) is 0 Å². The zero-order valence-corrected chi connectivity index (χ0v) is 11.1. The average molecular weight is 260 g/mol. The highest BCUT2D eigenvalue weighted by atomic mass is 35.5. The van der Waals surface area contributed by atoms with Crippen LogP contribution in [0.25, 0.3) is 0 Å². The van der Waals surface area contributed by atoms with Crippen molar-refractivity contribution in [2.24, 2.45) is 11.1 Å². The molecule has 1 saturated heterocycles. The molecular weight excluding hydrogens is 242 g/mol. The molecule has 0 radical (unpaired) electrons. The summed E-state index contributed by atoms with van der Waals surface area (Å²) in [7, 11) is 0. The average Bonchev–Trinajstić information content (AvgIpc) is 2.68. The molecule has 1 spiro atoms. The number of aryl methyl sites for hydroxylation is 1. The number of hydrogen-bond acceptors (Lipinski definition) is 4.